The quantitative estimate of drug-likeness (QED) is 0.894. The van der Waals surface area contributed by atoms with Crippen LogP contribution in [0, 0.1) is 20.8 Å². The average molecular weight is 268 g/mol. The molecule has 0 aliphatic heterocycles. The summed E-state index contributed by atoms with van der Waals surface area (Å²) in [6.45, 7) is 6.05. The van der Waals surface area contributed by atoms with Crippen LogP contribution in [-0.4, -0.2) is 5.91 Å². The Kier molecular flexibility index (Phi) is 4.08. The number of primary amides is 1. The summed E-state index contributed by atoms with van der Waals surface area (Å²) < 4.78 is 0. The molecule has 1 unspecified atom stereocenters. The molecule has 2 aromatic rings. The molecule has 2 rings (SSSR count). The number of nitrogens with two attached hydrogens (primary N) is 1. The van der Waals surface area contributed by atoms with E-state index in [2.05, 4.69) is 5.32 Å². The predicted molar refractivity (Wildman–Crippen MR) is 82.7 cm³/mol. The number of carbonyl (C=O) groups is 1. The summed E-state index contributed by atoms with van der Waals surface area (Å²) in [4.78, 5) is 11.8. The molecule has 104 valence electrons. The van der Waals surface area contributed by atoms with E-state index in [1.54, 1.807) is 0 Å². The topological polar surface area (TPSA) is 55.1 Å². The Morgan fingerprint density at radius 3 is 2.30 bits per heavy atom. The first-order valence-corrected chi connectivity index (χ1v) is 6.68. The molecule has 0 bridgehead atoms. The monoisotopic (exact) mass is 268 g/mol. The maximum atomic E-state index is 11.8. The van der Waals surface area contributed by atoms with Gasteiger partial charge in [-0.05, 0) is 49.1 Å². The van der Waals surface area contributed by atoms with E-state index in [1.165, 1.54) is 0 Å². The van der Waals surface area contributed by atoms with Gasteiger partial charge in [-0.2, -0.15) is 0 Å². The molecule has 0 fully saturated rings. The van der Waals surface area contributed by atoms with Crippen LogP contribution in [0.25, 0.3) is 0 Å². The minimum Gasteiger partial charge on any atom is -0.370 e. The summed E-state index contributed by atoms with van der Waals surface area (Å²) in [7, 11) is 0. The Balaban J connectivity index is 2.40. The average Bonchev–Trinajstić information content (AvgIpc) is 2.41. The number of hydrogen-bond donors (Lipinski definition) is 2. The van der Waals surface area contributed by atoms with E-state index >= 15 is 0 Å². The summed E-state index contributed by atoms with van der Waals surface area (Å²) in [5.74, 6) is -0.373. The van der Waals surface area contributed by atoms with Crippen molar-refractivity contribution in [1.82, 2.24) is 0 Å². The van der Waals surface area contributed by atoms with Gasteiger partial charge in [0.15, 0.2) is 0 Å². The minimum absolute atomic E-state index is 0.373. The molecule has 20 heavy (non-hydrogen) atoms. The Hall–Kier alpha value is -2.29. The standard InChI is InChI=1S/C17H20N2O/c1-11-8-6-9-14(13(11)3)16(17(18)20)19-15-10-5-4-7-12(15)2/h4-10,16,19H,1-3H3,(H2,18,20). The summed E-state index contributed by atoms with van der Waals surface area (Å²) in [5, 5.41) is 3.26. The van der Waals surface area contributed by atoms with Crippen molar-refractivity contribution in [2.45, 2.75) is 26.8 Å². The molecule has 0 aliphatic rings. The lowest BCUT2D eigenvalue weighted by atomic mass is 9.96. The Morgan fingerprint density at radius 1 is 1.00 bits per heavy atom. The van der Waals surface area contributed by atoms with Gasteiger partial charge in [-0.1, -0.05) is 36.4 Å². The second-order valence-corrected chi connectivity index (χ2v) is 5.08. The van der Waals surface area contributed by atoms with Crippen LogP contribution in [0.5, 0.6) is 0 Å². The van der Waals surface area contributed by atoms with Crippen molar-refractivity contribution in [2.24, 2.45) is 5.73 Å². The van der Waals surface area contributed by atoms with Crippen molar-refractivity contribution < 1.29 is 4.79 Å². The zero-order chi connectivity index (χ0) is 14.7. The van der Waals surface area contributed by atoms with Gasteiger partial charge in [-0.3, -0.25) is 4.79 Å². The molecule has 2 aromatic carbocycles. The summed E-state index contributed by atoms with van der Waals surface area (Å²) in [5.41, 5.74) is 10.8. The lowest BCUT2D eigenvalue weighted by molar-refractivity contribution is -0.118. The van der Waals surface area contributed by atoms with Crippen molar-refractivity contribution in [3.05, 3.63) is 64.7 Å². The lowest BCUT2D eigenvalue weighted by Gasteiger charge is -2.21. The van der Waals surface area contributed by atoms with E-state index in [0.717, 1.165) is 27.9 Å². The van der Waals surface area contributed by atoms with E-state index in [9.17, 15) is 4.79 Å². The van der Waals surface area contributed by atoms with Crippen molar-refractivity contribution in [2.75, 3.05) is 5.32 Å². The van der Waals surface area contributed by atoms with Crippen LogP contribution in [0.2, 0.25) is 0 Å². The van der Waals surface area contributed by atoms with E-state index in [0.29, 0.717) is 0 Å². The van der Waals surface area contributed by atoms with E-state index < -0.39 is 6.04 Å². The number of anilines is 1. The normalized spacial score (nSPS) is 11.9. The fraction of sp³-hybridized carbons (Fsp3) is 0.235. The Morgan fingerprint density at radius 2 is 1.65 bits per heavy atom. The largest absolute Gasteiger partial charge is 0.370 e. The SMILES string of the molecule is Cc1ccccc1NC(C(N)=O)c1cccc(C)c1C. The number of nitrogens with one attached hydrogen (secondary N) is 1. The zero-order valence-corrected chi connectivity index (χ0v) is 12.1. The number of rotatable bonds is 4. The molecule has 0 heterocycles. The molecule has 0 saturated carbocycles. The van der Waals surface area contributed by atoms with Crippen molar-refractivity contribution in [3.63, 3.8) is 0 Å². The molecule has 1 atom stereocenters. The van der Waals surface area contributed by atoms with Gasteiger partial charge in [0.2, 0.25) is 5.91 Å². The Bertz CT molecular complexity index is 635. The number of hydrogen-bond acceptors (Lipinski definition) is 2. The maximum absolute atomic E-state index is 11.8. The number of aryl methyl sites for hydroxylation is 2. The fourth-order valence-electron chi connectivity index (χ4n) is 2.28. The summed E-state index contributed by atoms with van der Waals surface area (Å²) >= 11 is 0. The number of carbonyl (C=O) groups excluding carboxylic acids is 1. The lowest BCUT2D eigenvalue weighted by Crippen LogP contribution is -2.28. The van der Waals surface area contributed by atoms with Crippen LogP contribution >= 0.6 is 0 Å². The molecule has 3 heteroatoms. The predicted octanol–water partition coefficient (Wildman–Crippen LogP) is 3.25. The van der Waals surface area contributed by atoms with Gasteiger partial charge in [0.25, 0.3) is 0 Å². The molecule has 3 N–H and O–H groups in total. The minimum atomic E-state index is -0.518. The van der Waals surface area contributed by atoms with E-state index in [1.807, 2.05) is 63.2 Å². The molecular formula is C17H20N2O. The van der Waals surface area contributed by atoms with Crippen molar-refractivity contribution in [3.8, 4) is 0 Å². The van der Waals surface area contributed by atoms with Crippen LogP contribution < -0.4 is 11.1 Å². The first kappa shape index (κ1) is 14.1. The first-order valence-electron chi connectivity index (χ1n) is 6.68. The number of benzene rings is 2. The second-order valence-electron chi connectivity index (χ2n) is 5.08. The van der Waals surface area contributed by atoms with Gasteiger partial charge in [-0.25, -0.2) is 0 Å². The molecule has 3 nitrogen and oxygen atoms in total. The molecule has 0 saturated heterocycles. The molecule has 0 spiro atoms. The number of para-hydroxylation sites is 1. The first-order chi connectivity index (χ1) is 9.50. The molecule has 0 radical (unpaired) electrons. The number of amides is 1. The fourth-order valence-corrected chi connectivity index (χ4v) is 2.28. The molecular weight excluding hydrogens is 248 g/mol. The van der Waals surface area contributed by atoms with Crippen molar-refractivity contribution in [1.29, 1.82) is 0 Å². The summed E-state index contributed by atoms with van der Waals surface area (Å²) in [6, 6.07) is 13.3. The van der Waals surface area contributed by atoms with E-state index in [-0.39, 0.29) is 5.91 Å². The van der Waals surface area contributed by atoms with Crippen LogP contribution in [0.3, 0.4) is 0 Å². The van der Waals surface area contributed by atoms with Crippen LogP contribution in [0.4, 0.5) is 5.69 Å². The molecule has 0 aromatic heterocycles. The highest BCUT2D eigenvalue weighted by molar-refractivity contribution is 5.85. The highest BCUT2D eigenvalue weighted by atomic mass is 16.1. The van der Waals surface area contributed by atoms with Crippen LogP contribution in [0.15, 0.2) is 42.5 Å². The summed E-state index contributed by atoms with van der Waals surface area (Å²) in [6.07, 6.45) is 0. The zero-order valence-electron chi connectivity index (χ0n) is 12.1. The van der Waals surface area contributed by atoms with Gasteiger partial charge < -0.3 is 11.1 Å². The third-order valence-electron chi connectivity index (χ3n) is 3.69. The Labute approximate surface area is 119 Å². The van der Waals surface area contributed by atoms with Gasteiger partial charge in [0.1, 0.15) is 6.04 Å². The highest BCUT2D eigenvalue weighted by Gasteiger charge is 2.20. The van der Waals surface area contributed by atoms with E-state index in [4.69, 9.17) is 5.73 Å². The van der Waals surface area contributed by atoms with Gasteiger partial charge in [-0.15, -0.1) is 0 Å². The third kappa shape index (κ3) is 2.82. The van der Waals surface area contributed by atoms with Crippen molar-refractivity contribution >= 4 is 11.6 Å². The highest BCUT2D eigenvalue weighted by Crippen LogP contribution is 2.25. The smallest absolute Gasteiger partial charge is 0.244 e. The van der Waals surface area contributed by atoms with Crippen LogP contribution in [-0.2, 0) is 4.79 Å². The second kappa shape index (κ2) is 5.78. The van der Waals surface area contributed by atoms with Gasteiger partial charge >= 0.3 is 0 Å². The molecule has 1 amide bonds. The van der Waals surface area contributed by atoms with Crippen LogP contribution in [0.1, 0.15) is 28.3 Å². The molecule has 0 aliphatic carbocycles. The third-order valence-corrected chi connectivity index (χ3v) is 3.69. The van der Waals surface area contributed by atoms with Gasteiger partial charge in [0.05, 0.1) is 0 Å². The van der Waals surface area contributed by atoms with Gasteiger partial charge in [0, 0.05) is 5.69 Å². The maximum Gasteiger partial charge on any atom is 0.244 e.